The number of hydrogen-bond acceptors (Lipinski definition) is 4. The Morgan fingerprint density at radius 1 is 1.47 bits per heavy atom. The van der Waals surface area contributed by atoms with Gasteiger partial charge in [-0.05, 0) is 12.1 Å². The first-order chi connectivity index (χ1) is 7.06. The molecule has 0 aliphatic carbocycles. The number of nitrogens with two attached hydrogens (primary N) is 1. The van der Waals surface area contributed by atoms with Gasteiger partial charge >= 0.3 is 5.97 Å². The minimum atomic E-state index is -0.832. The lowest BCUT2D eigenvalue weighted by molar-refractivity contribution is -0.138. The molecule has 1 rings (SSSR count). The van der Waals surface area contributed by atoms with Gasteiger partial charge in [0.05, 0.1) is 7.11 Å². The minimum absolute atomic E-state index is 0.422. The smallest absolute Gasteiger partial charge is 0.326 e. The Labute approximate surface area is 85.2 Å². The van der Waals surface area contributed by atoms with Crippen LogP contribution < -0.4 is 10.9 Å². The number of hydrazine groups is 1. The third kappa shape index (κ3) is 2.63. The van der Waals surface area contributed by atoms with E-state index in [-0.39, 0.29) is 0 Å². The SMILES string of the molecule is COC(=O)CN(N)c1c(F)cccc1F. The van der Waals surface area contributed by atoms with E-state index < -0.39 is 29.8 Å². The van der Waals surface area contributed by atoms with E-state index >= 15 is 0 Å². The van der Waals surface area contributed by atoms with Crippen LogP contribution in [0.25, 0.3) is 0 Å². The normalized spacial score (nSPS) is 9.87. The molecule has 0 atom stereocenters. The first-order valence-electron chi connectivity index (χ1n) is 4.09. The van der Waals surface area contributed by atoms with E-state index in [1.54, 1.807) is 0 Å². The van der Waals surface area contributed by atoms with Crippen LogP contribution in [0.1, 0.15) is 0 Å². The van der Waals surface area contributed by atoms with Gasteiger partial charge in [0.15, 0.2) is 11.6 Å². The van der Waals surface area contributed by atoms with Crippen molar-refractivity contribution in [1.82, 2.24) is 0 Å². The Bertz CT molecular complexity index is 351. The molecule has 0 bridgehead atoms. The van der Waals surface area contributed by atoms with Crippen LogP contribution in [0.3, 0.4) is 0 Å². The van der Waals surface area contributed by atoms with Gasteiger partial charge in [0.1, 0.15) is 12.2 Å². The number of carbonyl (C=O) groups is 1. The van der Waals surface area contributed by atoms with E-state index in [4.69, 9.17) is 5.84 Å². The molecule has 82 valence electrons. The van der Waals surface area contributed by atoms with Gasteiger partial charge in [0, 0.05) is 0 Å². The maximum absolute atomic E-state index is 13.1. The second kappa shape index (κ2) is 4.70. The van der Waals surface area contributed by atoms with E-state index in [9.17, 15) is 13.6 Å². The van der Waals surface area contributed by atoms with E-state index in [0.717, 1.165) is 19.2 Å². The predicted molar refractivity (Wildman–Crippen MR) is 49.9 cm³/mol. The highest BCUT2D eigenvalue weighted by molar-refractivity contribution is 5.75. The Morgan fingerprint density at radius 2 is 2.00 bits per heavy atom. The largest absolute Gasteiger partial charge is 0.468 e. The Hall–Kier alpha value is -1.69. The van der Waals surface area contributed by atoms with Crippen LogP contribution in [0.4, 0.5) is 14.5 Å². The van der Waals surface area contributed by atoms with Crippen LogP contribution in [0, 0.1) is 11.6 Å². The number of rotatable bonds is 3. The van der Waals surface area contributed by atoms with Gasteiger partial charge < -0.3 is 4.74 Å². The Balaban J connectivity index is 2.90. The molecule has 6 heteroatoms. The number of nitrogens with zero attached hydrogens (tertiary/aromatic N) is 1. The third-order valence-corrected chi connectivity index (χ3v) is 1.75. The highest BCUT2D eigenvalue weighted by Crippen LogP contribution is 2.20. The van der Waals surface area contributed by atoms with Crippen molar-refractivity contribution in [3.8, 4) is 0 Å². The fourth-order valence-corrected chi connectivity index (χ4v) is 1.05. The summed E-state index contributed by atoms with van der Waals surface area (Å²) < 4.78 is 30.6. The molecule has 0 radical (unpaired) electrons. The number of methoxy groups -OCH3 is 1. The van der Waals surface area contributed by atoms with Crippen LogP contribution >= 0.6 is 0 Å². The van der Waals surface area contributed by atoms with Crippen LogP contribution in [0.15, 0.2) is 18.2 Å². The van der Waals surface area contributed by atoms with Gasteiger partial charge in [-0.2, -0.15) is 0 Å². The zero-order valence-electron chi connectivity index (χ0n) is 8.04. The first kappa shape index (κ1) is 11.4. The lowest BCUT2D eigenvalue weighted by atomic mass is 10.3. The van der Waals surface area contributed by atoms with Crippen molar-refractivity contribution in [3.63, 3.8) is 0 Å². The number of ether oxygens (including phenoxy) is 1. The van der Waals surface area contributed by atoms with Gasteiger partial charge in [0.2, 0.25) is 0 Å². The highest BCUT2D eigenvalue weighted by atomic mass is 19.1. The molecule has 1 aromatic carbocycles. The van der Waals surface area contributed by atoms with Gasteiger partial charge in [-0.25, -0.2) is 14.6 Å². The molecule has 0 saturated heterocycles. The fourth-order valence-electron chi connectivity index (χ4n) is 1.05. The number of esters is 1. The maximum atomic E-state index is 13.1. The van der Waals surface area contributed by atoms with Crippen molar-refractivity contribution in [2.75, 3.05) is 18.7 Å². The van der Waals surface area contributed by atoms with Gasteiger partial charge in [0.25, 0.3) is 0 Å². The summed E-state index contributed by atoms with van der Waals surface area (Å²) in [4.78, 5) is 10.8. The third-order valence-electron chi connectivity index (χ3n) is 1.75. The number of anilines is 1. The molecule has 0 heterocycles. The molecule has 0 unspecified atom stereocenters. The van der Waals surface area contributed by atoms with Gasteiger partial charge in [-0.15, -0.1) is 0 Å². The zero-order chi connectivity index (χ0) is 11.4. The van der Waals surface area contributed by atoms with Crippen molar-refractivity contribution < 1.29 is 18.3 Å². The number of carbonyl (C=O) groups excluding carboxylic acids is 1. The molecular formula is C9H10F2N2O2. The molecular weight excluding hydrogens is 206 g/mol. The summed E-state index contributed by atoms with van der Waals surface area (Å²) in [5.41, 5.74) is -0.456. The van der Waals surface area contributed by atoms with Crippen LogP contribution in [0.2, 0.25) is 0 Å². The van der Waals surface area contributed by atoms with Crippen molar-refractivity contribution in [2.45, 2.75) is 0 Å². The van der Waals surface area contributed by atoms with E-state index in [1.165, 1.54) is 6.07 Å². The molecule has 1 aromatic rings. The maximum Gasteiger partial charge on any atom is 0.326 e. The number of hydrogen-bond donors (Lipinski definition) is 1. The van der Waals surface area contributed by atoms with Crippen LogP contribution in [-0.2, 0) is 9.53 Å². The summed E-state index contributed by atoms with van der Waals surface area (Å²) in [6.45, 7) is -0.422. The van der Waals surface area contributed by atoms with Crippen molar-refractivity contribution in [2.24, 2.45) is 5.84 Å². The summed E-state index contributed by atoms with van der Waals surface area (Å²) in [6.07, 6.45) is 0. The Morgan fingerprint density at radius 3 is 2.47 bits per heavy atom. The average molecular weight is 216 g/mol. The first-order valence-corrected chi connectivity index (χ1v) is 4.09. The summed E-state index contributed by atoms with van der Waals surface area (Å²) in [5, 5.41) is 0.663. The quantitative estimate of drug-likeness (QED) is 0.461. The topological polar surface area (TPSA) is 55.6 Å². The molecule has 0 aliphatic heterocycles. The average Bonchev–Trinajstić information content (AvgIpc) is 2.17. The summed E-state index contributed by atoms with van der Waals surface area (Å²) in [7, 11) is 1.16. The van der Waals surface area contributed by atoms with Gasteiger partial charge in [-0.1, -0.05) is 6.07 Å². The fraction of sp³-hybridized carbons (Fsp3) is 0.222. The lowest BCUT2D eigenvalue weighted by Crippen LogP contribution is -2.37. The van der Waals surface area contributed by atoms with Gasteiger partial charge in [-0.3, -0.25) is 9.80 Å². The van der Waals surface area contributed by atoms with Crippen LogP contribution in [0.5, 0.6) is 0 Å². The van der Waals surface area contributed by atoms with Crippen molar-refractivity contribution in [3.05, 3.63) is 29.8 Å². The molecule has 0 aliphatic rings. The highest BCUT2D eigenvalue weighted by Gasteiger charge is 2.16. The number of halogens is 2. The van der Waals surface area contributed by atoms with E-state index in [0.29, 0.717) is 5.01 Å². The Kier molecular flexibility index (Phi) is 3.56. The number of benzene rings is 1. The molecule has 15 heavy (non-hydrogen) atoms. The monoisotopic (exact) mass is 216 g/mol. The molecule has 0 spiro atoms. The summed E-state index contributed by atoms with van der Waals surface area (Å²) >= 11 is 0. The second-order valence-electron chi connectivity index (χ2n) is 2.77. The van der Waals surface area contributed by atoms with Crippen molar-refractivity contribution in [1.29, 1.82) is 0 Å². The molecule has 0 saturated carbocycles. The number of para-hydroxylation sites is 1. The van der Waals surface area contributed by atoms with E-state index in [2.05, 4.69) is 4.74 Å². The van der Waals surface area contributed by atoms with E-state index in [1.807, 2.05) is 0 Å². The lowest BCUT2D eigenvalue weighted by Gasteiger charge is -2.18. The predicted octanol–water partition coefficient (Wildman–Crippen LogP) is 0.818. The molecule has 0 fully saturated rings. The second-order valence-corrected chi connectivity index (χ2v) is 2.77. The standard InChI is InChI=1S/C9H10F2N2O2/c1-15-8(14)5-13(12)9-6(10)3-2-4-7(9)11/h2-4H,5,12H2,1H3. The van der Waals surface area contributed by atoms with Crippen LogP contribution in [-0.4, -0.2) is 19.6 Å². The summed E-state index contributed by atoms with van der Waals surface area (Å²) in [5.74, 6) is 2.98. The molecule has 2 N–H and O–H groups in total. The summed E-state index contributed by atoms with van der Waals surface area (Å²) in [6, 6.07) is 3.31. The molecule has 4 nitrogen and oxygen atoms in total. The molecule has 0 aromatic heterocycles. The zero-order valence-corrected chi connectivity index (χ0v) is 8.04. The van der Waals surface area contributed by atoms with Crippen molar-refractivity contribution >= 4 is 11.7 Å². The minimum Gasteiger partial charge on any atom is -0.468 e. The molecule has 0 amide bonds.